The molecular weight excluding hydrogens is 204 g/mol. The van der Waals surface area contributed by atoms with E-state index in [1.807, 2.05) is 0 Å². The molecule has 1 heterocycles. The van der Waals surface area contributed by atoms with Crippen LogP contribution in [0.2, 0.25) is 5.35 Å². The van der Waals surface area contributed by atoms with E-state index in [0.29, 0.717) is 16.8 Å². The topological polar surface area (TPSA) is 55.1 Å². The predicted molar refractivity (Wildman–Crippen MR) is 53.3 cm³/mol. The molecule has 0 fully saturated rings. The zero-order valence-electron chi connectivity index (χ0n) is 7.37. The van der Waals surface area contributed by atoms with Gasteiger partial charge in [-0.1, -0.05) is 0 Å². The highest BCUT2D eigenvalue weighted by atomic mass is 35.5. The fraction of sp³-hybridized carbons (Fsp3) is 0.111. The summed E-state index contributed by atoms with van der Waals surface area (Å²) in [6, 6.07) is 5.14. The third-order valence-corrected chi connectivity index (χ3v) is 1.84. The molecule has 0 saturated carbocycles. The molecule has 0 spiro atoms. The number of aromatic nitrogens is 1. The molecule has 0 aliphatic heterocycles. The summed E-state index contributed by atoms with van der Waals surface area (Å²) in [4.78, 5) is 14.7. The van der Waals surface area contributed by atoms with Crippen molar-refractivity contribution in [2.75, 3.05) is 5.32 Å². The van der Waals surface area contributed by atoms with E-state index in [2.05, 4.69) is 10.3 Å². The summed E-state index contributed by atoms with van der Waals surface area (Å²) in [5, 5.41) is 2.74. The first-order valence-electron chi connectivity index (χ1n) is 3.99. The molecule has 5 heteroatoms. The number of hydrogen-bond acceptors (Lipinski definition) is 3. The van der Waals surface area contributed by atoms with Gasteiger partial charge in [0.2, 0.25) is 5.91 Å². The number of hydrogen-bond donors (Lipinski definition) is 1. The van der Waals surface area contributed by atoms with Gasteiger partial charge in [0, 0.05) is 12.6 Å². The van der Waals surface area contributed by atoms with Crippen molar-refractivity contribution < 1.29 is 9.21 Å². The summed E-state index contributed by atoms with van der Waals surface area (Å²) in [5.74, 6) is -0.126. The number of halogens is 1. The number of amides is 1. The van der Waals surface area contributed by atoms with Crippen molar-refractivity contribution >= 4 is 34.3 Å². The van der Waals surface area contributed by atoms with Crippen LogP contribution in [0.5, 0.6) is 0 Å². The van der Waals surface area contributed by atoms with Crippen LogP contribution >= 0.6 is 11.6 Å². The molecule has 0 bridgehead atoms. The fourth-order valence-electron chi connectivity index (χ4n) is 1.18. The van der Waals surface area contributed by atoms with Crippen LogP contribution < -0.4 is 5.32 Å². The fourth-order valence-corrected chi connectivity index (χ4v) is 1.35. The lowest BCUT2D eigenvalue weighted by Gasteiger charge is -1.99. The molecule has 4 nitrogen and oxygen atoms in total. The lowest BCUT2D eigenvalue weighted by atomic mass is 10.3. The van der Waals surface area contributed by atoms with Gasteiger partial charge in [0.25, 0.3) is 5.35 Å². The van der Waals surface area contributed by atoms with E-state index in [-0.39, 0.29) is 11.3 Å². The highest BCUT2D eigenvalue weighted by molar-refractivity contribution is 6.28. The summed E-state index contributed by atoms with van der Waals surface area (Å²) in [7, 11) is 0. The Kier molecular flexibility index (Phi) is 2.13. The Labute approximate surface area is 84.9 Å². The summed E-state index contributed by atoms with van der Waals surface area (Å²) >= 11 is 5.58. The van der Waals surface area contributed by atoms with Gasteiger partial charge in [-0.3, -0.25) is 4.79 Å². The Morgan fingerprint density at radius 1 is 1.57 bits per heavy atom. The zero-order chi connectivity index (χ0) is 10.1. The van der Waals surface area contributed by atoms with Gasteiger partial charge in [0.15, 0.2) is 5.58 Å². The predicted octanol–water partition coefficient (Wildman–Crippen LogP) is 2.44. The Balaban J connectivity index is 2.45. The molecule has 14 heavy (non-hydrogen) atoms. The van der Waals surface area contributed by atoms with E-state index in [0.717, 1.165) is 0 Å². The molecule has 2 rings (SSSR count). The average Bonchev–Trinajstić information content (AvgIpc) is 2.42. The molecule has 1 N–H and O–H groups in total. The van der Waals surface area contributed by atoms with Gasteiger partial charge >= 0.3 is 0 Å². The van der Waals surface area contributed by atoms with Crippen LogP contribution in [0.15, 0.2) is 22.6 Å². The highest BCUT2D eigenvalue weighted by Crippen LogP contribution is 2.21. The number of rotatable bonds is 1. The SMILES string of the molecule is CC(=O)Nc1ccc2oc(Cl)nc2c1. The van der Waals surface area contributed by atoms with Crippen LogP contribution in [0, 0.1) is 0 Å². The summed E-state index contributed by atoms with van der Waals surface area (Å²) in [6.45, 7) is 1.44. The number of nitrogens with one attached hydrogen (secondary N) is 1. The van der Waals surface area contributed by atoms with Crippen molar-refractivity contribution in [3.05, 3.63) is 23.5 Å². The minimum atomic E-state index is -0.126. The number of anilines is 1. The maximum absolute atomic E-state index is 10.8. The van der Waals surface area contributed by atoms with E-state index in [9.17, 15) is 4.79 Å². The average molecular weight is 211 g/mol. The monoisotopic (exact) mass is 210 g/mol. The molecule has 0 saturated heterocycles. The van der Waals surface area contributed by atoms with Crippen LogP contribution in [-0.2, 0) is 4.79 Å². The summed E-state index contributed by atoms with van der Waals surface area (Å²) in [5.41, 5.74) is 1.90. The van der Waals surface area contributed by atoms with E-state index in [1.165, 1.54) is 6.92 Å². The Morgan fingerprint density at radius 3 is 3.07 bits per heavy atom. The standard InChI is InChI=1S/C9H7ClN2O2/c1-5(13)11-6-2-3-8-7(4-6)12-9(10)14-8/h2-4H,1H3,(H,11,13). The zero-order valence-corrected chi connectivity index (χ0v) is 8.13. The lowest BCUT2D eigenvalue weighted by Crippen LogP contribution is -2.05. The van der Waals surface area contributed by atoms with E-state index in [1.54, 1.807) is 18.2 Å². The van der Waals surface area contributed by atoms with Gasteiger partial charge in [-0.2, -0.15) is 4.98 Å². The summed E-state index contributed by atoms with van der Waals surface area (Å²) < 4.78 is 5.07. The van der Waals surface area contributed by atoms with Crippen molar-refractivity contribution in [1.82, 2.24) is 4.98 Å². The third-order valence-electron chi connectivity index (χ3n) is 1.68. The van der Waals surface area contributed by atoms with Gasteiger partial charge < -0.3 is 9.73 Å². The number of fused-ring (bicyclic) bond motifs is 1. The van der Waals surface area contributed by atoms with Crippen LogP contribution in [0.3, 0.4) is 0 Å². The number of benzene rings is 1. The molecular formula is C9H7ClN2O2. The van der Waals surface area contributed by atoms with Gasteiger partial charge in [0.05, 0.1) is 0 Å². The number of oxazole rings is 1. The molecule has 0 radical (unpaired) electrons. The quantitative estimate of drug-likeness (QED) is 0.787. The highest BCUT2D eigenvalue weighted by Gasteiger charge is 2.04. The third kappa shape index (κ3) is 1.70. The molecule has 1 aromatic heterocycles. The van der Waals surface area contributed by atoms with E-state index < -0.39 is 0 Å². The maximum atomic E-state index is 10.8. The van der Waals surface area contributed by atoms with Crippen molar-refractivity contribution in [3.63, 3.8) is 0 Å². The first kappa shape index (κ1) is 9.02. The molecule has 1 aromatic carbocycles. The molecule has 2 aromatic rings. The first-order valence-corrected chi connectivity index (χ1v) is 4.36. The molecule has 0 aliphatic rings. The Hall–Kier alpha value is -1.55. The molecule has 0 unspecified atom stereocenters. The van der Waals surface area contributed by atoms with Crippen LogP contribution in [-0.4, -0.2) is 10.9 Å². The second kappa shape index (κ2) is 3.31. The number of carbonyl (C=O) groups excluding carboxylic acids is 1. The lowest BCUT2D eigenvalue weighted by molar-refractivity contribution is -0.114. The largest absolute Gasteiger partial charge is 0.428 e. The van der Waals surface area contributed by atoms with Crippen LogP contribution in [0.4, 0.5) is 5.69 Å². The normalized spacial score (nSPS) is 10.4. The molecule has 0 atom stereocenters. The smallest absolute Gasteiger partial charge is 0.293 e. The second-order valence-electron chi connectivity index (χ2n) is 2.83. The van der Waals surface area contributed by atoms with E-state index >= 15 is 0 Å². The number of nitrogens with zero attached hydrogens (tertiary/aromatic N) is 1. The van der Waals surface area contributed by atoms with Crippen molar-refractivity contribution in [2.24, 2.45) is 0 Å². The molecule has 0 aliphatic carbocycles. The van der Waals surface area contributed by atoms with E-state index in [4.69, 9.17) is 16.0 Å². The van der Waals surface area contributed by atoms with Gasteiger partial charge in [-0.25, -0.2) is 0 Å². The summed E-state index contributed by atoms with van der Waals surface area (Å²) in [6.07, 6.45) is 0. The van der Waals surface area contributed by atoms with Crippen LogP contribution in [0.25, 0.3) is 11.1 Å². The Bertz CT molecular complexity index is 493. The minimum Gasteiger partial charge on any atom is -0.428 e. The van der Waals surface area contributed by atoms with Crippen molar-refractivity contribution in [1.29, 1.82) is 0 Å². The maximum Gasteiger partial charge on any atom is 0.293 e. The second-order valence-corrected chi connectivity index (χ2v) is 3.15. The van der Waals surface area contributed by atoms with Gasteiger partial charge in [0.1, 0.15) is 5.52 Å². The van der Waals surface area contributed by atoms with Crippen LogP contribution in [0.1, 0.15) is 6.92 Å². The molecule has 72 valence electrons. The van der Waals surface area contributed by atoms with Gasteiger partial charge in [-0.15, -0.1) is 0 Å². The first-order chi connectivity index (χ1) is 6.65. The van der Waals surface area contributed by atoms with Crippen molar-refractivity contribution in [2.45, 2.75) is 6.92 Å². The Morgan fingerprint density at radius 2 is 2.36 bits per heavy atom. The molecule has 1 amide bonds. The minimum absolute atomic E-state index is 0.0972. The number of carbonyl (C=O) groups is 1. The van der Waals surface area contributed by atoms with Crippen molar-refractivity contribution in [3.8, 4) is 0 Å². The van der Waals surface area contributed by atoms with Gasteiger partial charge in [-0.05, 0) is 29.8 Å².